The van der Waals surface area contributed by atoms with Crippen molar-refractivity contribution in [3.8, 4) is 39.1 Å². The lowest BCUT2D eigenvalue weighted by atomic mass is 9.81. The fourth-order valence-corrected chi connectivity index (χ4v) is 10.5. The van der Waals surface area contributed by atoms with E-state index < -0.39 is 0 Å². The maximum absolute atomic E-state index is 3.89. The van der Waals surface area contributed by atoms with Crippen molar-refractivity contribution in [2.45, 2.75) is 19.3 Å². The van der Waals surface area contributed by atoms with E-state index >= 15 is 0 Å². The summed E-state index contributed by atoms with van der Waals surface area (Å²) in [6.07, 6.45) is 0. The highest BCUT2D eigenvalue weighted by molar-refractivity contribution is 9.10. The number of benzene rings is 8. The van der Waals surface area contributed by atoms with Gasteiger partial charge in [-0.3, -0.25) is 0 Å². The van der Waals surface area contributed by atoms with Gasteiger partial charge in [0, 0.05) is 46.2 Å². The molecule has 0 aliphatic heterocycles. The smallest absolute Gasteiger partial charge is 0.0547 e. The molecule has 2 aromatic heterocycles. The predicted octanol–water partition coefficient (Wildman–Crippen LogP) is 14.7. The second kappa shape index (κ2) is 11.0. The van der Waals surface area contributed by atoms with Crippen molar-refractivity contribution < 1.29 is 0 Å². The van der Waals surface area contributed by atoms with Crippen LogP contribution in [-0.4, -0.2) is 4.57 Å². The highest BCUT2D eigenvalue weighted by atomic mass is 79.9. The Bertz CT molecular complexity index is 3120. The zero-order chi connectivity index (χ0) is 34.7. The van der Waals surface area contributed by atoms with Crippen LogP contribution in [0.15, 0.2) is 162 Å². The van der Waals surface area contributed by atoms with Crippen molar-refractivity contribution in [3.05, 3.63) is 173 Å². The molecule has 1 aliphatic rings. The Morgan fingerprint density at radius 3 is 1.94 bits per heavy atom. The Morgan fingerprint density at radius 2 is 1.10 bits per heavy atom. The van der Waals surface area contributed by atoms with Crippen molar-refractivity contribution in [2.75, 3.05) is 0 Å². The van der Waals surface area contributed by atoms with Crippen molar-refractivity contribution in [3.63, 3.8) is 0 Å². The van der Waals surface area contributed by atoms with Crippen molar-refractivity contribution in [1.29, 1.82) is 0 Å². The van der Waals surface area contributed by atoms with Crippen LogP contribution in [0.4, 0.5) is 0 Å². The Kier molecular flexibility index (Phi) is 6.39. The van der Waals surface area contributed by atoms with Gasteiger partial charge in [0.25, 0.3) is 0 Å². The van der Waals surface area contributed by atoms with Gasteiger partial charge < -0.3 is 4.57 Å². The highest BCUT2D eigenvalue weighted by Crippen LogP contribution is 2.53. The molecule has 1 nitrogen and oxygen atoms in total. The maximum Gasteiger partial charge on any atom is 0.0547 e. The minimum atomic E-state index is -0.111. The summed E-state index contributed by atoms with van der Waals surface area (Å²) >= 11 is 5.76. The highest BCUT2D eigenvalue weighted by Gasteiger charge is 2.37. The molecule has 246 valence electrons. The van der Waals surface area contributed by atoms with Crippen LogP contribution in [0.25, 0.3) is 91.8 Å². The number of fused-ring (bicyclic) bond motifs is 11. The molecular weight excluding hydrogens is 715 g/mol. The SMILES string of the molecule is CC1(C)c2ccccc2-c2c1cc(-n1c3ccccc3c3ccc(-c4cc(Br)cc(-c5ccc6sc7ccccc7c6c5)c4)cc31)c1ccccc21. The third kappa shape index (κ3) is 4.27. The number of nitrogens with zero attached hydrogens (tertiary/aromatic N) is 1. The fourth-order valence-electron chi connectivity index (χ4n) is 8.95. The zero-order valence-electron chi connectivity index (χ0n) is 28.7. The normalized spacial score (nSPS) is 13.4. The van der Waals surface area contributed by atoms with Crippen LogP contribution in [-0.2, 0) is 5.41 Å². The number of hydrogen-bond donors (Lipinski definition) is 0. The Hall–Kier alpha value is -5.48. The average Bonchev–Trinajstić information content (AvgIpc) is 3.79. The monoisotopic (exact) mass is 745 g/mol. The minimum absolute atomic E-state index is 0.111. The first kappa shape index (κ1) is 30.2. The van der Waals surface area contributed by atoms with Gasteiger partial charge in [0.1, 0.15) is 0 Å². The van der Waals surface area contributed by atoms with Gasteiger partial charge in [-0.05, 0) is 104 Å². The lowest BCUT2D eigenvalue weighted by Crippen LogP contribution is -2.15. The van der Waals surface area contributed by atoms with Crippen LogP contribution >= 0.6 is 27.3 Å². The summed E-state index contributed by atoms with van der Waals surface area (Å²) < 4.78 is 6.24. The molecular formula is C49H32BrNS. The number of para-hydroxylation sites is 1. The first-order valence-electron chi connectivity index (χ1n) is 17.9. The van der Waals surface area contributed by atoms with Gasteiger partial charge in [-0.1, -0.05) is 133 Å². The van der Waals surface area contributed by atoms with E-state index in [0.717, 1.165) is 4.47 Å². The summed E-state index contributed by atoms with van der Waals surface area (Å²) in [6, 6.07) is 58.8. The molecule has 0 saturated carbocycles. The first-order valence-corrected chi connectivity index (χ1v) is 19.5. The molecule has 0 amide bonds. The fraction of sp³-hybridized carbons (Fsp3) is 0.0612. The van der Waals surface area contributed by atoms with Crippen LogP contribution in [0.5, 0.6) is 0 Å². The van der Waals surface area contributed by atoms with Crippen LogP contribution in [0.3, 0.4) is 0 Å². The van der Waals surface area contributed by atoms with E-state index in [1.54, 1.807) is 0 Å². The van der Waals surface area contributed by atoms with E-state index in [1.807, 2.05) is 11.3 Å². The Morgan fingerprint density at radius 1 is 0.462 bits per heavy atom. The standard InChI is InChI=1S/C49H32BrNS/c1-49(2)41-16-8-5-15-39(41)48-38-14-4-3-12-35(38)45(28-42(48)49)51-43-17-9-6-11-34(43)36-21-19-30(27-44(36)51)32-23-31(24-33(50)25-32)29-20-22-47-40(26-29)37-13-7-10-18-46(37)52-47/h3-28H,1-2H3. The molecule has 0 fully saturated rings. The third-order valence-electron chi connectivity index (χ3n) is 11.4. The Labute approximate surface area is 314 Å². The molecule has 0 spiro atoms. The maximum atomic E-state index is 3.89. The average molecular weight is 747 g/mol. The molecule has 0 N–H and O–H groups in total. The molecule has 0 unspecified atom stereocenters. The van der Waals surface area contributed by atoms with E-state index in [-0.39, 0.29) is 5.41 Å². The molecule has 10 aromatic rings. The van der Waals surface area contributed by atoms with E-state index in [1.165, 1.54) is 103 Å². The molecule has 3 heteroatoms. The van der Waals surface area contributed by atoms with E-state index in [4.69, 9.17) is 0 Å². The molecule has 1 aliphatic carbocycles. The van der Waals surface area contributed by atoms with Crippen molar-refractivity contribution in [2.24, 2.45) is 0 Å². The van der Waals surface area contributed by atoms with Gasteiger partial charge >= 0.3 is 0 Å². The number of halogens is 1. The minimum Gasteiger partial charge on any atom is -0.309 e. The topological polar surface area (TPSA) is 4.93 Å². The van der Waals surface area contributed by atoms with Crippen LogP contribution < -0.4 is 0 Å². The molecule has 52 heavy (non-hydrogen) atoms. The summed E-state index contributed by atoms with van der Waals surface area (Å²) in [4.78, 5) is 0. The summed E-state index contributed by atoms with van der Waals surface area (Å²) in [5.74, 6) is 0. The Balaban J connectivity index is 1.14. The van der Waals surface area contributed by atoms with Crippen LogP contribution in [0.1, 0.15) is 25.0 Å². The summed E-state index contributed by atoms with van der Waals surface area (Å²) in [6.45, 7) is 4.76. The zero-order valence-corrected chi connectivity index (χ0v) is 31.1. The molecule has 11 rings (SSSR count). The molecule has 0 atom stereocenters. The van der Waals surface area contributed by atoms with Crippen molar-refractivity contribution in [1.82, 2.24) is 4.57 Å². The van der Waals surface area contributed by atoms with Gasteiger partial charge in [-0.25, -0.2) is 0 Å². The number of hydrogen-bond acceptors (Lipinski definition) is 1. The molecule has 8 aromatic carbocycles. The summed E-state index contributed by atoms with van der Waals surface area (Å²) in [5.41, 5.74) is 13.9. The summed E-state index contributed by atoms with van der Waals surface area (Å²) in [5, 5.41) is 7.74. The quantitative estimate of drug-likeness (QED) is 0.170. The van der Waals surface area contributed by atoms with Gasteiger partial charge in [-0.2, -0.15) is 0 Å². The summed E-state index contributed by atoms with van der Waals surface area (Å²) in [7, 11) is 0. The lowest BCUT2D eigenvalue weighted by molar-refractivity contribution is 0.660. The van der Waals surface area contributed by atoms with E-state index in [9.17, 15) is 0 Å². The molecule has 2 heterocycles. The largest absolute Gasteiger partial charge is 0.309 e. The molecule has 0 bridgehead atoms. The van der Waals surface area contributed by atoms with Crippen LogP contribution in [0.2, 0.25) is 0 Å². The van der Waals surface area contributed by atoms with Gasteiger partial charge in [0.05, 0.1) is 16.7 Å². The second-order valence-corrected chi connectivity index (χ2v) is 16.7. The number of rotatable bonds is 3. The number of aromatic nitrogens is 1. The number of thiophene rings is 1. The van der Waals surface area contributed by atoms with Gasteiger partial charge in [0.15, 0.2) is 0 Å². The van der Waals surface area contributed by atoms with E-state index in [2.05, 4.69) is 192 Å². The van der Waals surface area contributed by atoms with Crippen molar-refractivity contribution >= 4 is 80.0 Å². The van der Waals surface area contributed by atoms with E-state index in [0.29, 0.717) is 0 Å². The lowest BCUT2D eigenvalue weighted by Gasteiger charge is -2.23. The molecule has 0 saturated heterocycles. The third-order valence-corrected chi connectivity index (χ3v) is 13.0. The predicted molar refractivity (Wildman–Crippen MR) is 227 cm³/mol. The second-order valence-electron chi connectivity index (χ2n) is 14.7. The van der Waals surface area contributed by atoms with Gasteiger partial charge in [-0.15, -0.1) is 11.3 Å². The van der Waals surface area contributed by atoms with Crippen LogP contribution in [0, 0.1) is 0 Å². The molecule has 0 radical (unpaired) electrons. The first-order chi connectivity index (χ1) is 25.4. The van der Waals surface area contributed by atoms with Gasteiger partial charge in [0.2, 0.25) is 0 Å².